The average molecular weight is 462 g/mol. The van der Waals surface area contributed by atoms with Crippen LogP contribution < -0.4 is 16.6 Å². The Balaban J connectivity index is 1.60. The summed E-state index contributed by atoms with van der Waals surface area (Å²) in [6.07, 6.45) is 3.03. The van der Waals surface area contributed by atoms with Gasteiger partial charge in [-0.25, -0.2) is 15.0 Å². The molecular formula is C27H23N7O. The van der Waals surface area contributed by atoms with Crippen molar-refractivity contribution in [3.8, 4) is 5.82 Å². The van der Waals surface area contributed by atoms with E-state index < -0.39 is 0 Å². The standard InChI is InChI=1S/C27H23N7O/c1-17-8-7-13-30-26(17)34-20(14-19-11-5-6-12-21(19)27(34)35)15-31-25-22(24(29)32-16-33-25)23(28)18-9-3-2-4-10-18/h2-14,16,28H,15H2,1H3,(H3,29,31,32,33). The molecular weight excluding hydrogens is 438 g/mol. The van der Waals surface area contributed by atoms with Gasteiger partial charge in [0.15, 0.2) is 0 Å². The van der Waals surface area contributed by atoms with Gasteiger partial charge in [-0.1, -0.05) is 54.6 Å². The number of benzene rings is 2. The van der Waals surface area contributed by atoms with Crippen LogP contribution in [0.15, 0.2) is 90.1 Å². The van der Waals surface area contributed by atoms with Gasteiger partial charge in [-0.05, 0) is 36.1 Å². The molecule has 0 aliphatic rings. The molecule has 0 aliphatic carbocycles. The van der Waals surface area contributed by atoms with Crippen LogP contribution in [0.5, 0.6) is 0 Å². The van der Waals surface area contributed by atoms with E-state index >= 15 is 0 Å². The third kappa shape index (κ3) is 4.13. The van der Waals surface area contributed by atoms with E-state index in [0.717, 1.165) is 10.9 Å². The van der Waals surface area contributed by atoms with Gasteiger partial charge in [-0.15, -0.1) is 0 Å². The summed E-state index contributed by atoms with van der Waals surface area (Å²) in [6, 6.07) is 22.5. The highest BCUT2D eigenvalue weighted by Gasteiger charge is 2.18. The summed E-state index contributed by atoms with van der Waals surface area (Å²) in [5.41, 5.74) is 8.91. The lowest BCUT2D eigenvalue weighted by molar-refractivity contribution is 0.854. The van der Waals surface area contributed by atoms with Crippen LogP contribution in [-0.2, 0) is 6.54 Å². The molecule has 0 fully saturated rings. The fourth-order valence-electron chi connectivity index (χ4n) is 4.09. The summed E-state index contributed by atoms with van der Waals surface area (Å²) < 4.78 is 1.62. The first-order valence-corrected chi connectivity index (χ1v) is 11.1. The SMILES string of the molecule is Cc1cccnc1-n1c(CNc2ncnc(N)c2C(=N)c2ccccc2)cc2ccccc2c1=O. The molecule has 0 saturated carbocycles. The second-order valence-electron chi connectivity index (χ2n) is 8.08. The van der Waals surface area contributed by atoms with Crippen molar-refractivity contribution in [3.63, 3.8) is 0 Å². The number of nitrogens with two attached hydrogens (primary N) is 1. The number of hydrogen-bond acceptors (Lipinski definition) is 7. The Morgan fingerprint density at radius 3 is 2.57 bits per heavy atom. The highest BCUT2D eigenvalue weighted by Crippen LogP contribution is 2.23. The predicted octanol–water partition coefficient (Wildman–Crippen LogP) is 4.09. The molecule has 35 heavy (non-hydrogen) atoms. The molecule has 3 heterocycles. The van der Waals surface area contributed by atoms with Crippen LogP contribution >= 0.6 is 0 Å². The Hall–Kier alpha value is -4.85. The van der Waals surface area contributed by atoms with Crippen molar-refractivity contribution in [1.29, 1.82) is 5.41 Å². The van der Waals surface area contributed by atoms with E-state index in [1.54, 1.807) is 10.8 Å². The van der Waals surface area contributed by atoms with Gasteiger partial charge in [-0.3, -0.25) is 14.8 Å². The van der Waals surface area contributed by atoms with Crippen LogP contribution in [-0.4, -0.2) is 25.2 Å². The molecule has 0 amide bonds. The van der Waals surface area contributed by atoms with Crippen LogP contribution in [0.2, 0.25) is 0 Å². The zero-order chi connectivity index (χ0) is 24.4. The van der Waals surface area contributed by atoms with Gasteiger partial charge in [0.25, 0.3) is 5.56 Å². The molecule has 0 bridgehead atoms. The van der Waals surface area contributed by atoms with Crippen molar-refractivity contribution in [2.75, 3.05) is 11.1 Å². The molecule has 0 saturated heterocycles. The van der Waals surface area contributed by atoms with Crippen LogP contribution in [0.1, 0.15) is 22.4 Å². The van der Waals surface area contributed by atoms with E-state index in [0.29, 0.717) is 33.8 Å². The smallest absolute Gasteiger partial charge is 0.264 e. The molecule has 0 radical (unpaired) electrons. The minimum Gasteiger partial charge on any atom is -0.383 e. The Morgan fingerprint density at radius 1 is 1.00 bits per heavy atom. The summed E-state index contributed by atoms with van der Waals surface area (Å²) in [6.45, 7) is 2.17. The number of fused-ring (bicyclic) bond motifs is 1. The number of anilines is 2. The fourth-order valence-corrected chi connectivity index (χ4v) is 4.09. The van der Waals surface area contributed by atoms with Crippen molar-refractivity contribution in [2.24, 2.45) is 0 Å². The van der Waals surface area contributed by atoms with Crippen molar-refractivity contribution < 1.29 is 0 Å². The number of nitrogen functional groups attached to an aromatic ring is 1. The maximum absolute atomic E-state index is 13.5. The van der Waals surface area contributed by atoms with E-state index in [-0.39, 0.29) is 23.6 Å². The van der Waals surface area contributed by atoms with E-state index in [1.807, 2.05) is 79.7 Å². The van der Waals surface area contributed by atoms with Gasteiger partial charge in [-0.2, -0.15) is 0 Å². The Labute approximate surface area is 201 Å². The van der Waals surface area contributed by atoms with E-state index in [1.165, 1.54) is 6.33 Å². The normalized spacial score (nSPS) is 10.9. The third-order valence-electron chi connectivity index (χ3n) is 5.82. The molecule has 5 aromatic rings. The first kappa shape index (κ1) is 22.0. The second kappa shape index (κ2) is 9.18. The molecule has 0 aliphatic heterocycles. The van der Waals surface area contributed by atoms with E-state index in [2.05, 4.69) is 20.3 Å². The molecule has 5 rings (SSSR count). The zero-order valence-electron chi connectivity index (χ0n) is 19.1. The number of pyridine rings is 2. The number of aromatic nitrogens is 4. The summed E-state index contributed by atoms with van der Waals surface area (Å²) >= 11 is 0. The number of hydrogen-bond donors (Lipinski definition) is 3. The summed E-state index contributed by atoms with van der Waals surface area (Å²) in [5.74, 6) is 1.18. The van der Waals surface area contributed by atoms with Gasteiger partial charge >= 0.3 is 0 Å². The molecule has 172 valence electrons. The van der Waals surface area contributed by atoms with Crippen molar-refractivity contribution in [3.05, 3.63) is 118 Å². The second-order valence-corrected chi connectivity index (χ2v) is 8.08. The zero-order valence-corrected chi connectivity index (χ0v) is 19.1. The van der Waals surface area contributed by atoms with Gasteiger partial charge in [0.1, 0.15) is 23.8 Å². The average Bonchev–Trinajstić information content (AvgIpc) is 2.88. The number of nitrogens with one attached hydrogen (secondary N) is 2. The largest absolute Gasteiger partial charge is 0.383 e. The third-order valence-corrected chi connectivity index (χ3v) is 5.82. The van der Waals surface area contributed by atoms with Gasteiger partial charge in [0, 0.05) is 22.8 Å². The molecule has 0 unspecified atom stereocenters. The minimum atomic E-state index is -0.152. The number of rotatable bonds is 6. The topological polar surface area (TPSA) is 123 Å². The maximum atomic E-state index is 13.5. The Morgan fingerprint density at radius 2 is 1.77 bits per heavy atom. The van der Waals surface area contributed by atoms with Crippen molar-refractivity contribution >= 4 is 28.1 Å². The van der Waals surface area contributed by atoms with Gasteiger partial charge in [0.2, 0.25) is 0 Å². The molecule has 0 spiro atoms. The highest BCUT2D eigenvalue weighted by atomic mass is 16.1. The molecule has 8 heteroatoms. The van der Waals surface area contributed by atoms with Crippen LogP contribution in [0.3, 0.4) is 0 Å². The maximum Gasteiger partial charge on any atom is 0.264 e. The highest BCUT2D eigenvalue weighted by molar-refractivity contribution is 6.16. The summed E-state index contributed by atoms with van der Waals surface area (Å²) in [7, 11) is 0. The van der Waals surface area contributed by atoms with Crippen molar-refractivity contribution in [2.45, 2.75) is 13.5 Å². The lowest BCUT2D eigenvalue weighted by atomic mass is 10.0. The molecule has 8 nitrogen and oxygen atoms in total. The lowest BCUT2D eigenvalue weighted by Crippen LogP contribution is -2.25. The Bertz CT molecular complexity index is 1610. The van der Waals surface area contributed by atoms with E-state index in [4.69, 9.17) is 11.1 Å². The van der Waals surface area contributed by atoms with Crippen LogP contribution in [0.4, 0.5) is 11.6 Å². The molecule has 0 atom stereocenters. The minimum absolute atomic E-state index is 0.152. The van der Waals surface area contributed by atoms with Crippen LogP contribution in [0.25, 0.3) is 16.6 Å². The predicted molar refractivity (Wildman–Crippen MR) is 138 cm³/mol. The van der Waals surface area contributed by atoms with Crippen LogP contribution in [0, 0.1) is 12.3 Å². The van der Waals surface area contributed by atoms with Crippen molar-refractivity contribution in [1.82, 2.24) is 19.5 Å². The van der Waals surface area contributed by atoms with Gasteiger partial charge < -0.3 is 11.1 Å². The number of aryl methyl sites for hydroxylation is 1. The summed E-state index contributed by atoms with van der Waals surface area (Å²) in [5, 5.41) is 13.4. The summed E-state index contributed by atoms with van der Waals surface area (Å²) in [4.78, 5) is 26.5. The fraction of sp³-hybridized carbons (Fsp3) is 0.0741. The molecule has 2 aromatic carbocycles. The number of nitrogens with zero attached hydrogens (tertiary/aromatic N) is 4. The van der Waals surface area contributed by atoms with E-state index in [9.17, 15) is 4.79 Å². The molecule has 4 N–H and O–H groups in total. The molecule has 3 aromatic heterocycles. The van der Waals surface area contributed by atoms with Gasteiger partial charge in [0.05, 0.1) is 17.8 Å². The first-order chi connectivity index (χ1) is 17.0. The first-order valence-electron chi connectivity index (χ1n) is 11.1. The quantitative estimate of drug-likeness (QED) is 0.327. The lowest BCUT2D eigenvalue weighted by Gasteiger charge is -2.18. The Kier molecular flexibility index (Phi) is 5.76. The monoisotopic (exact) mass is 461 g/mol.